The van der Waals surface area contributed by atoms with Crippen LogP contribution < -0.4 is 0 Å². The average molecular weight is 174 g/mol. The number of ether oxygens (including phenoxy) is 2. The molecule has 0 amide bonds. The van der Waals surface area contributed by atoms with E-state index in [4.69, 9.17) is 14.6 Å². The van der Waals surface area contributed by atoms with Gasteiger partial charge in [0.05, 0.1) is 19.3 Å². The molecule has 0 aliphatic carbocycles. The summed E-state index contributed by atoms with van der Waals surface area (Å²) in [6.45, 7) is 4.89. The lowest BCUT2D eigenvalue weighted by Gasteiger charge is -2.39. The lowest BCUT2D eigenvalue weighted by Crippen LogP contribution is -2.45. The Bertz CT molecular complexity index is 132. The predicted molar refractivity (Wildman–Crippen MR) is 45.8 cm³/mol. The molecule has 1 N–H and O–H groups in total. The molecule has 1 fully saturated rings. The zero-order chi connectivity index (χ0) is 9.03. The first-order valence-corrected chi connectivity index (χ1v) is 4.69. The van der Waals surface area contributed by atoms with Gasteiger partial charge in [-0.3, -0.25) is 0 Å². The molecule has 0 radical (unpaired) electrons. The fourth-order valence-corrected chi connectivity index (χ4v) is 1.52. The number of hydrogen-bond donors (Lipinski definition) is 1. The van der Waals surface area contributed by atoms with Crippen LogP contribution in [0.5, 0.6) is 0 Å². The molecule has 3 nitrogen and oxygen atoms in total. The van der Waals surface area contributed by atoms with Crippen LogP contribution in [0.2, 0.25) is 0 Å². The molecule has 3 heteroatoms. The molecule has 1 unspecified atom stereocenters. The molecule has 0 bridgehead atoms. The van der Waals surface area contributed by atoms with Crippen LogP contribution in [0, 0.1) is 0 Å². The second-order valence-electron chi connectivity index (χ2n) is 3.18. The van der Waals surface area contributed by atoms with Crippen molar-refractivity contribution >= 4 is 0 Å². The maximum absolute atomic E-state index is 8.93. The highest BCUT2D eigenvalue weighted by Gasteiger charge is 2.34. The van der Waals surface area contributed by atoms with E-state index in [1.54, 1.807) is 0 Å². The van der Waals surface area contributed by atoms with E-state index in [1.165, 1.54) is 0 Å². The van der Waals surface area contributed by atoms with Crippen LogP contribution in [0.4, 0.5) is 0 Å². The highest BCUT2D eigenvalue weighted by molar-refractivity contribution is 4.74. The molecule has 1 rings (SSSR count). The third-order valence-electron chi connectivity index (χ3n) is 2.47. The maximum atomic E-state index is 8.93. The van der Waals surface area contributed by atoms with Gasteiger partial charge in [0.2, 0.25) is 0 Å². The van der Waals surface area contributed by atoms with Gasteiger partial charge in [-0.15, -0.1) is 0 Å². The van der Waals surface area contributed by atoms with E-state index in [9.17, 15) is 0 Å². The van der Waals surface area contributed by atoms with Gasteiger partial charge in [-0.1, -0.05) is 13.8 Å². The molecule has 0 aromatic heterocycles. The third kappa shape index (κ3) is 1.97. The van der Waals surface area contributed by atoms with Crippen molar-refractivity contribution in [3.8, 4) is 0 Å². The Morgan fingerprint density at radius 1 is 1.42 bits per heavy atom. The molecule has 0 saturated carbocycles. The van der Waals surface area contributed by atoms with Gasteiger partial charge in [0.1, 0.15) is 0 Å². The molecule has 12 heavy (non-hydrogen) atoms. The summed E-state index contributed by atoms with van der Waals surface area (Å²) in [6.07, 6.45) is 2.47. The van der Waals surface area contributed by atoms with Crippen molar-refractivity contribution in [3.63, 3.8) is 0 Å². The first-order valence-electron chi connectivity index (χ1n) is 4.69. The number of aliphatic hydroxyl groups excluding tert-OH is 1. The second-order valence-corrected chi connectivity index (χ2v) is 3.18. The van der Waals surface area contributed by atoms with E-state index in [-0.39, 0.29) is 12.7 Å². The lowest BCUT2D eigenvalue weighted by molar-refractivity contribution is -0.300. The molecule has 1 saturated heterocycles. The number of aliphatic hydroxyl groups is 1. The van der Waals surface area contributed by atoms with Crippen molar-refractivity contribution in [3.05, 3.63) is 0 Å². The molecule has 1 aliphatic heterocycles. The first kappa shape index (κ1) is 9.96. The second kappa shape index (κ2) is 4.21. The summed E-state index contributed by atoms with van der Waals surface area (Å²) < 4.78 is 11.2. The van der Waals surface area contributed by atoms with Gasteiger partial charge in [0.25, 0.3) is 0 Å². The Kier molecular flexibility index (Phi) is 3.50. The topological polar surface area (TPSA) is 38.7 Å². The van der Waals surface area contributed by atoms with E-state index in [0.717, 1.165) is 19.3 Å². The fraction of sp³-hybridized carbons (Fsp3) is 1.00. The summed E-state index contributed by atoms with van der Waals surface area (Å²) in [5.41, 5.74) is 0. The van der Waals surface area contributed by atoms with Gasteiger partial charge in [-0.25, -0.2) is 0 Å². The van der Waals surface area contributed by atoms with Crippen LogP contribution in [-0.2, 0) is 9.47 Å². The van der Waals surface area contributed by atoms with Crippen LogP contribution >= 0.6 is 0 Å². The van der Waals surface area contributed by atoms with Crippen molar-refractivity contribution in [2.75, 3.05) is 13.2 Å². The van der Waals surface area contributed by atoms with Crippen molar-refractivity contribution in [2.24, 2.45) is 0 Å². The molecule has 1 atom stereocenters. The molecule has 1 aliphatic rings. The predicted octanol–water partition coefficient (Wildman–Crippen LogP) is 1.30. The van der Waals surface area contributed by atoms with Crippen molar-refractivity contribution in [1.82, 2.24) is 0 Å². The Hall–Kier alpha value is -0.120. The van der Waals surface area contributed by atoms with E-state index in [1.807, 2.05) is 13.8 Å². The minimum Gasteiger partial charge on any atom is -0.394 e. The van der Waals surface area contributed by atoms with Gasteiger partial charge in [0, 0.05) is 0 Å². The molecule has 0 aromatic carbocycles. The minimum atomic E-state index is -0.425. The fourth-order valence-electron chi connectivity index (χ4n) is 1.52. The molecule has 72 valence electrons. The van der Waals surface area contributed by atoms with Crippen LogP contribution in [0.1, 0.15) is 33.1 Å². The zero-order valence-corrected chi connectivity index (χ0v) is 7.88. The standard InChI is InChI=1S/C9H18O3/c1-3-9(4-2)11-6-5-8(7-10)12-9/h8,10H,3-7H2,1-2H3. The summed E-state index contributed by atoms with van der Waals surface area (Å²) in [4.78, 5) is 0. The Morgan fingerprint density at radius 3 is 2.58 bits per heavy atom. The molecular weight excluding hydrogens is 156 g/mol. The SMILES string of the molecule is CCC1(CC)OCCC(CO)O1. The summed E-state index contributed by atoms with van der Waals surface area (Å²) in [6, 6.07) is 0. The number of rotatable bonds is 3. The van der Waals surface area contributed by atoms with Crippen molar-refractivity contribution < 1.29 is 14.6 Å². The normalized spacial score (nSPS) is 28.8. The molecule has 0 spiro atoms. The van der Waals surface area contributed by atoms with Crippen molar-refractivity contribution in [1.29, 1.82) is 0 Å². The van der Waals surface area contributed by atoms with E-state index in [0.29, 0.717) is 6.61 Å². The van der Waals surface area contributed by atoms with Crippen LogP contribution in [0.25, 0.3) is 0 Å². The lowest BCUT2D eigenvalue weighted by atomic mass is 10.1. The first-order chi connectivity index (χ1) is 5.76. The Balaban J connectivity index is 2.52. The Morgan fingerprint density at radius 2 is 2.08 bits per heavy atom. The van der Waals surface area contributed by atoms with Gasteiger partial charge < -0.3 is 14.6 Å². The monoisotopic (exact) mass is 174 g/mol. The van der Waals surface area contributed by atoms with E-state index in [2.05, 4.69) is 0 Å². The summed E-state index contributed by atoms with van der Waals surface area (Å²) >= 11 is 0. The van der Waals surface area contributed by atoms with Crippen LogP contribution in [-0.4, -0.2) is 30.2 Å². The highest BCUT2D eigenvalue weighted by atomic mass is 16.7. The summed E-state index contributed by atoms with van der Waals surface area (Å²) in [7, 11) is 0. The van der Waals surface area contributed by atoms with Gasteiger partial charge >= 0.3 is 0 Å². The Labute approximate surface area is 73.7 Å². The quantitative estimate of drug-likeness (QED) is 0.701. The molecule has 0 aromatic rings. The molecule has 1 heterocycles. The third-order valence-corrected chi connectivity index (χ3v) is 2.47. The van der Waals surface area contributed by atoms with Crippen LogP contribution in [0.15, 0.2) is 0 Å². The minimum absolute atomic E-state index is 0.0290. The van der Waals surface area contributed by atoms with E-state index >= 15 is 0 Å². The zero-order valence-electron chi connectivity index (χ0n) is 7.88. The largest absolute Gasteiger partial charge is 0.394 e. The van der Waals surface area contributed by atoms with Crippen LogP contribution in [0.3, 0.4) is 0 Å². The van der Waals surface area contributed by atoms with Gasteiger partial charge in [0.15, 0.2) is 5.79 Å². The maximum Gasteiger partial charge on any atom is 0.168 e. The highest BCUT2D eigenvalue weighted by Crippen LogP contribution is 2.28. The summed E-state index contributed by atoms with van der Waals surface area (Å²) in [5.74, 6) is -0.425. The summed E-state index contributed by atoms with van der Waals surface area (Å²) in [5, 5.41) is 8.93. The smallest absolute Gasteiger partial charge is 0.168 e. The van der Waals surface area contributed by atoms with Gasteiger partial charge in [-0.2, -0.15) is 0 Å². The number of hydrogen-bond acceptors (Lipinski definition) is 3. The molecular formula is C9H18O3. The van der Waals surface area contributed by atoms with Crippen molar-refractivity contribution in [2.45, 2.75) is 45.0 Å². The van der Waals surface area contributed by atoms with Gasteiger partial charge in [-0.05, 0) is 19.3 Å². The average Bonchev–Trinajstić information content (AvgIpc) is 2.18. The van der Waals surface area contributed by atoms with E-state index < -0.39 is 5.79 Å².